The molecule has 1 aromatic rings. The van der Waals surface area contributed by atoms with Crippen LogP contribution < -0.4 is 0 Å². The summed E-state index contributed by atoms with van der Waals surface area (Å²) in [6, 6.07) is 0. The zero-order valence-electron chi connectivity index (χ0n) is 8.36. The fraction of sp³-hybridized carbons (Fsp3) is 0.700. The SMILES string of the molecule is COCc1csc(CC2CCOC2)n1. The molecule has 2 heterocycles. The largest absolute Gasteiger partial charge is 0.381 e. The smallest absolute Gasteiger partial charge is 0.0932 e. The molecular formula is C10H15NO2S. The summed E-state index contributed by atoms with van der Waals surface area (Å²) in [4.78, 5) is 4.50. The Balaban J connectivity index is 1.88. The number of methoxy groups -OCH3 is 1. The summed E-state index contributed by atoms with van der Waals surface area (Å²) in [5.74, 6) is 0.677. The molecule has 14 heavy (non-hydrogen) atoms. The van der Waals surface area contributed by atoms with Crippen LogP contribution in [0.15, 0.2) is 5.38 Å². The van der Waals surface area contributed by atoms with Crippen molar-refractivity contribution in [1.82, 2.24) is 4.98 Å². The van der Waals surface area contributed by atoms with Crippen LogP contribution in [0.1, 0.15) is 17.1 Å². The molecule has 1 unspecified atom stereocenters. The molecule has 4 heteroatoms. The first-order valence-corrected chi connectivity index (χ1v) is 5.76. The van der Waals surface area contributed by atoms with Crippen molar-refractivity contribution in [1.29, 1.82) is 0 Å². The van der Waals surface area contributed by atoms with Crippen molar-refractivity contribution in [2.45, 2.75) is 19.4 Å². The molecular weight excluding hydrogens is 198 g/mol. The van der Waals surface area contributed by atoms with Crippen LogP contribution in [0.25, 0.3) is 0 Å². The number of hydrogen-bond acceptors (Lipinski definition) is 4. The normalized spacial score (nSPS) is 21.6. The molecule has 1 aliphatic rings. The van der Waals surface area contributed by atoms with Gasteiger partial charge in [0.15, 0.2) is 0 Å². The van der Waals surface area contributed by atoms with Crippen molar-refractivity contribution in [2.24, 2.45) is 5.92 Å². The molecule has 1 fully saturated rings. The van der Waals surface area contributed by atoms with Gasteiger partial charge in [-0.15, -0.1) is 11.3 Å². The number of thiazole rings is 1. The minimum absolute atomic E-state index is 0.623. The van der Waals surface area contributed by atoms with E-state index in [1.165, 1.54) is 11.4 Å². The Hall–Kier alpha value is -0.450. The van der Waals surface area contributed by atoms with Gasteiger partial charge in [-0.05, 0) is 12.3 Å². The Morgan fingerprint density at radius 1 is 1.71 bits per heavy atom. The lowest BCUT2D eigenvalue weighted by molar-refractivity contribution is 0.181. The molecule has 3 nitrogen and oxygen atoms in total. The summed E-state index contributed by atoms with van der Waals surface area (Å²) < 4.78 is 10.4. The van der Waals surface area contributed by atoms with Crippen LogP contribution in [0.4, 0.5) is 0 Å². The van der Waals surface area contributed by atoms with Crippen molar-refractivity contribution in [3.8, 4) is 0 Å². The minimum Gasteiger partial charge on any atom is -0.381 e. The van der Waals surface area contributed by atoms with Gasteiger partial charge in [0.25, 0.3) is 0 Å². The first kappa shape index (κ1) is 10.1. The summed E-state index contributed by atoms with van der Waals surface area (Å²) in [5, 5.41) is 3.29. The second-order valence-corrected chi connectivity index (χ2v) is 4.54. The van der Waals surface area contributed by atoms with Gasteiger partial charge in [-0.1, -0.05) is 0 Å². The van der Waals surface area contributed by atoms with Crippen LogP contribution in [0.2, 0.25) is 0 Å². The summed E-state index contributed by atoms with van der Waals surface area (Å²) in [6.07, 6.45) is 2.24. The van der Waals surface area contributed by atoms with Gasteiger partial charge in [0, 0.05) is 32.1 Å². The van der Waals surface area contributed by atoms with E-state index in [-0.39, 0.29) is 0 Å². The van der Waals surface area contributed by atoms with Crippen LogP contribution >= 0.6 is 11.3 Å². The monoisotopic (exact) mass is 213 g/mol. The maximum Gasteiger partial charge on any atom is 0.0932 e. The zero-order valence-corrected chi connectivity index (χ0v) is 9.18. The molecule has 0 aromatic carbocycles. The highest BCUT2D eigenvalue weighted by atomic mass is 32.1. The van der Waals surface area contributed by atoms with E-state index in [0.717, 1.165) is 25.3 Å². The number of hydrogen-bond donors (Lipinski definition) is 0. The van der Waals surface area contributed by atoms with E-state index in [9.17, 15) is 0 Å². The maximum absolute atomic E-state index is 5.34. The van der Waals surface area contributed by atoms with Crippen LogP contribution in [0, 0.1) is 5.92 Å². The zero-order chi connectivity index (χ0) is 9.80. The third-order valence-electron chi connectivity index (χ3n) is 2.38. The molecule has 0 aliphatic carbocycles. The van der Waals surface area contributed by atoms with Gasteiger partial charge < -0.3 is 9.47 Å². The van der Waals surface area contributed by atoms with Crippen LogP contribution in [-0.4, -0.2) is 25.3 Å². The molecule has 2 rings (SSSR count). The highest BCUT2D eigenvalue weighted by Gasteiger charge is 2.17. The average Bonchev–Trinajstić information content (AvgIpc) is 2.79. The Morgan fingerprint density at radius 3 is 3.36 bits per heavy atom. The molecule has 0 radical (unpaired) electrons. The van der Waals surface area contributed by atoms with E-state index in [0.29, 0.717) is 12.5 Å². The number of aromatic nitrogens is 1. The van der Waals surface area contributed by atoms with Gasteiger partial charge in [-0.2, -0.15) is 0 Å². The summed E-state index contributed by atoms with van der Waals surface area (Å²) in [7, 11) is 1.70. The lowest BCUT2D eigenvalue weighted by Crippen LogP contribution is -2.03. The lowest BCUT2D eigenvalue weighted by Gasteiger charge is -2.02. The number of nitrogens with zero attached hydrogens (tertiary/aromatic N) is 1. The van der Waals surface area contributed by atoms with Gasteiger partial charge in [0.05, 0.1) is 17.3 Å². The van der Waals surface area contributed by atoms with Crippen molar-refractivity contribution in [2.75, 3.05) is 20.3 Å². The first-order valence-electron chi connectivity index (χ1n) is 4.88. The fourth-order valence-electron chi connectivity index (χ4n) is 1.65. The highest BCUT2D eigenvalue weighted by molar-refractivity contribution is 7.09. The van der Waals surface area contributed by atoms with E-state index in [4.69, 9.17) is 9.47 Å². The average molecular weight is 213 g/mol. The molecule has 0 N–H and O–H groups in total. The summed E-state index contributed by atoms with van der Waals surface area (Å²) >= 11 is 1.73. The third-order valence-corrected chi connectivity index (χ3v) is 3.30. The quantitative estimate of drug-likeness (QED) is 0.765. The van der Waals surface area contributed by atoms with E-state index < -0.39 is 0 Å². The number of ether oxygens (including phenoxy) is 2. The van der Waals surface area contributed by atoms with Crippen LogP contribution in [0.3, 0.4) is 0 Å². The van der Waals surface area contributed by atoms with Gasteiger partial charge in [-0.3, -0.25) is 0 Å². The Bertz CT molecular complexity index is 281. The van der Waals surface area contributed by atoms with Crippen molar-refractivity contribution in [3.05, 3.63) is 16.1 Å². The topological polar surface area (TPSA) is 31.4 Å². The van der Waals surface area contributed by atoms with Gasteiger partial charge in [0.1, 0.15) is 0 Å². The fourth-order valence-corrected chi connectivity index (χ4v) is 2.54. The molecule has 0 saturated carbocycles. The Morgan fingerprint density at radius 2 is 2.64 bits per heavy atom. The third kappa shape index (κ3) is 2.53. The van der Waals surface area contributed by atoms with Crippen LogP contribution in [-0.2, 0) is 22.5 Å². The van der Waals surface area contributed by atoms with E-state index >= 15 is 0 Å². The van der Waals surface area contributed by atoms with E-state index in [1.807, 2.05) is 0 Å². The highest BCUT2D eigenvalue weighted by Crippen LogP contribution is 2.20. The summed E-state index contributed by atoms with van der Waals surface area (Å²) in [5.41, 5.74) is 1.05. The molecule has 1 aliphatic heterocycles. The minimum atomic E-state index is 0.623. The van der Waals surface area contributed by atoms with Gasteiger partial charge in [0.2, 0.25) is 0 Å². The van der Waals surface area contributed by atoms with Gasteiger partial charge in [-0.25, -0.2) is 4.98 Å². The molecule has 1 atom stereocenters. The molecule has 78 valence electrons. The predicted octanol–water partition coefficient (Wildman–Crippen LogP) is 1.87. The van der Waals surface area contributed by atoms with Crippen LogP contribution in [0.5, 0.6) is 0 Å². The summed E-state index contributed by atoms with van der Waals surface area (Å²) in [6.45, 7) is 2.44. The van der Waals surface area contributed by atoms with E-state index in [2.05, 4.69) is 10.4 Å². The van der Waals surface area contributed by atoms with Crippen molar-refractivity contribution >= 4 is 11.3 Å². The second-order valence-electron chi connectivity index (χ2n) is 3.60. The molecule has 0 spiro atoms. The van der Waals surface area contributed by atoms with Crippen molar-refractivity contribution in [3.63, 3.8) is 0 Å². The van der Waals surface area contributed by atoms with Gasteiger partial charge >= 0.3 is 0 Å². The molecule has 0 amide bonds. The maximum atomic E-state index is 5.34. The molecule has 1 saturated heterocycles. The standard InChI is InChI=1S/C10H15NO2S/c1-12-6-9-7-14-10(11-9)4-8-2-3-13-5-8/h7-8H,2-6H2,1H3. The first-order chi connectivity index (χ1) is 6.88. The van der Waals surface area contributed by atoms with E-state index in [1.54, 1.807) is 18.4 Å². The number of rotatable bonds is 4. The predicted molar refractivity (Wildman–Crippen MR) is 55.5 cm³/mol. The Labute approximate surface area is 88.1 Å². The Kier molecular flexibility index (Phi) is 3.50. The second kappa shape index (κ2) is 4.87. The lowest BCUT2D eigenvalue weighted by atomic mass is 10.1. The van der Waals surface area contributed by atoms with Crippen molar-refractivity contribution < 1.29 is 9.47 Å². The molecule has 0 bridgehead atoms. The molecule has 1 aromatic heterocycles.